The van der Waals surface area contributed by atoms with E-state index in [-0.39, 0.29) is 55.2 Å². The molecule has 8 heterocycles. The fourth-order valence-electron chi connectivity index (χ4n) is 7.68. The van der Waals surface area contributed by atoms with E-state index in [4.69, 9.17) is 46.7 Å². The van der Waals surface area contributed by atoms with Crippen LogP contribution in [0.15, 0.2) is 18.5 Å². The second-order valence-corrected chi connectivity index (χ2v) is 13.3. The van der Waals surface area contributed by atoms with Crippen LogP contribution in [0.2, 0.25) is 5.02 Å². The molecule has 3 saturated heterocycles. The summed E-state index contributed by atoms with van der Waals surface area (Å²) in [5, 5.41) is 8.54. The quantitative estimate of drug-likeness (QED) is 0.236. The van der Waals surface area contributed by atoms with Gasteiger partial charge >= 0.3 is 12.2 Å². The number of benzene rings is 1. The molecule has 0 aliphatic carbocycles. The maximum atomic E-state index is 17.1. The highest BCUT2D eigenvalue weighted by atomic mass is 35.5. The van der Waals surface area contributed by atoms with Crippen LogP contribution in [0.4, 0.5) is 15.0 Å². The molecule has 0 amide bonds. The van der Waals surface area contributed by atoms with Crippen LogP contribution < -0.4 is 9.64 Å². The fourth-order valence-corrected chi connectivity index (χ4v) is 7.98. The van der Waals surface area contributed by atoms with Crippen LogP contribution in [-0.2, 0) is 25.4 Å². The lowest BCUT2D eigenvalue weighted by molar-refractivity contribution is -0.00448. The van der Waals surface area contributed by atoms with Gasteiger partial charge in [0, 0.05) is 35.3 Å². The molecule has 49 heavy (non-hydrogen) atoms. The highest BCUT2D eigenvalue weighted by Gasteiger charge is 2.49. The van der Waals surface area contributed by atoms with Crippen molar-refractivity contribution in [2.45, 2.75) is 49.9 Å². The molecule has 5 aliphatic rings. The number of anilines is 1. The molecule has 0 saturated carbocycles. The first-order valence-electron chi connectivity index (χ1n) is 16.5. The highest BCUT2D eigenvalue weighted by molar-refractivity contribution is 6.33. The lowest BCUT2D eigenvalue weighted by Crippen LogP contribution is -2.43. The Labute approximate surface area is 286 Å². The van der Waals surface area contributed by atoms with Gasteiger partial charge in [-0.15, -0.1) is 6.42 Å². The topological polar surface area (TPSA) is 137 Å². The van der Waals surface area contributed by atoms with Crippen molar-refractivity contribution in [2.24, 2.45) is 0 Å². The van der Waals surface area contributed by atoms with Crippen LogP contribution in [0.5, 0.6) is 6.01 Å². The molecule has 3 aromatic heterocycles. The van der Waals surface area contributed by atoms with Crippen molar-refractivity contribution in [1.82, 2.24) is 30.0 Å². The third-order valence-electron chi connectivity index (χ3n) is 9.91. The number of terminal acetylenes is 1. The van der Waals surface area contributed by atoms with Crippen molar-refractivity contribution in [1.29, 1.82) is 0 Å². The standard InChI is InChI=1S/C34H35ClFN7O6/c1-2-9-46-20-13-34(6-4-7-43(34)17-20)19-48-32-39-29-24-14-37-30(28(29)36)27-22(25(35)12-26-23(27)15-38-41-26)5-3-10-47-33(44)49-21-16-42(31(24)40-32)8-11-45-18-21/h1,12,14-15,20-21H,3-11,13,16-19H2,(H,38,41)/t20-,21-,34+/m0/s1. The van der Waals surface area contributed by atoms with Crippen LogP contribution in [0, 0.1) is 18.2 Å². The molecule has 1 aromatic carbocycles. The molecule has 0 radical (unpaired) electrons. The summed E-state index contributed by atoms with van der Waals surface area (Å²) in [6.07, 6.45) is 10.7. The van der Waals surface area contributed by atoms with E-state index in [1.807, 2.05) is 4.90 Å². The number of carbonyl (C=O) groups excluding carboxylic acids is 1. The van der Waals surface area contributed by atoms with E-state index in [2.05, 4.69) is 31.0 Å². The van der Waals surface area contributed by atoms with E-state index < -0.39 is 18.1 Å². The van der Waals surface area contributed by atoms with Crippen molar-refractivity contribution in [3.63, 3.8) is 0 Å². The monoisotopic (exact) mass is 691 g/mol. The van der Waals surface area contributed by atoms with E-state index in [9.17, 15) is 4.79 Å². The summed E-state index contributed by atoms with van der Waals surface area (Å²) in [6.45, 7) is 3.42. The molecule has 4 aromatic rings. The van der Waals surface area contributed by atoms with Gasteiger partial charge in [0.1, 0.15) is 36.3 Å². The Kier molecular flexibility index (Phi) is 8.61. The number of pyridine rings is 1. The smallest absolute Gasteiger partial charge is 0.461 e. The Hall–Kier alpha value is -4.29. The number of aromatic amines is 1. The minimum atomic E-state index is -0.798. The number of nitrogens with one attached hydrogen (secondary N) is 1. The van der Waals surface area contributed by atoms with Crippen molar-refractivity contribution in [3.8, 4) is 29.6 Å². The van der Waals surface area contributed by atoms with Gasteiger partial charge in [-0.2, -0.15) is 15.1 Å². The van der Waals surface area contributed by atoms with Crippen molar-refractivity contribution >= 4 is 45.4 Å². The second kappa shape index (κ2) is 13.2. The molecule has 3 atom stereocenters. The number of rotatable bonds is 5. The number of nitrogens with zero attached hydrogens (tertiary/aromatic N) is 6. The van der Waals surface area contributed by atoms with E-state index >= 15 is 4.39 Å². The molecular weight excluding hydrogens is 657 g/mol. The van der Waals surface area contributed by atoms with Gasteiger partial charge in [-0.3, -0.25) is 15.0 Å². The summed E-state index contributed by atoms with van der Waals surface area (Å²) < 4.78 is 46.3. The second-order valence-electron chi connectivity index (χ2n) is 12.9. The van der Waals surface area contributed by atoms with Crippen LogP contribution in [0.3, 0.4) is 0 Å². The van der Waals surface area contributed by atoms with E-state index in [0.29, 0.717) is 70.9 Å². The van der Waals surface area contributed by atoms with E-state index in [0.717, 1.165) is 32.4 Å². The molecule has 5 aliphatic heterocycles. The summed E-state index contributed by atoms with van der Waals surface area (Å²) in [5.41, 5.74) is 1.60. The van der Waals surface area contributed by atoms with Gasteiger partial charge in [-0.1, -0.05) is 17.5 Å². The van der Waals surface area contributed by atoms with Crippen LogP contribution in [0.25, 0.3) is 33.1 Å². The van der Waals surface area contributed by atoms with Crippen LogP contribution >= 0.6 is 11.6 Å². The Bertz CT molecular complexity index is 1950. The third kappa shape index (κ3) is 5.99. The van der Waals surface area contributed by atoms with Gasteiger partial charge in [0.25, 0.3) is 0 Å². The first-order valence-corrected chi connectivity index (χ1v) is 16.9. The predicted octanol–water partition coefficient (Wildman–Crippen LogP) is 4.30. The number of fused-ring (bicyclic) bond motifs is 8. The van der Waals surface area contributed by atoms with Crippen molar-refractivity contribution in [3.05, 3.63) is 34.9 Å². The Morgan fingerprint density at radius 1 is 1.18 bits per heavy atom. The summed E-state index contributed by atoms with van der Waals surface area (Å²) in [5.74, 6) is 2.30. The Morgan fingerprint density at radius 3 is 3.00 bits per heavy atom. The summed E-state index contributed by atoms with van der Waals surface area (Å²) in [4.78, 5) is 31.2. The van der Waals surface area contributed by atoms with Gasteiger partial charge in [-0.25, -0.2) is 9.18 Å². The molecule has 256 valence electrons. The SMILES string of the molecule is C#CCO[C@@H]1CN2CCC[C@]2(COc2nc3c4cnc(c(F)c4n2)-c2c(c(Cl)cc4[nH]ncc24)CCCOC(=O)O[C@@H]2COCCN3C2)C1. The van der Waals surface area contributed by atoms with Crippen LogP contribution in [-0.4, -0.2) is 113 Å². The molecule has 15 heteroatoms. The third-order valence-corrected chi connectivity index (χ3v) is 10.2. The van der Waals surface area contributed by atoms with E-state index in [1.165, 1.54) is 0 Å². The highest BCUT2D eigenvalue weighted by Crippen LogP contribution is 2.42. The van der Waals surface area contributed by atoms with Gasteiger partial charge in [0.2, 0.25) is 0 Å². The maximum Gasteiger partial charge on any atom is 0.508 e. The lowest BCUT2D eigenvalue weighted by atomic mass is 9.94. The largest absolute Gasteiger partial charge is 0.508 e. The zero-order chi connectivity index (χ0) is 33.5. The van der Waals surface area contributed by atoms with Gasteiger partial charge in [0.15, 0.2) is 5.82 Å². The van der Waals surface area contributed by atoms with Gasteiger partial charge in [-0.05, 0) is 50.3 Å². The molecule has 3 fully saturated rings. The summed E-state index contributed by atoms with van der Waals surface area (Å²) >= 11 is 6.79. The zero-order valence-corrected chi connectivity index (χ0v) is 27.5. The molecule has 0 unspecified atom stereocenters. The molecule has 13 nitrogen and oxygen atoms in total. The number of carbonyl (C=O) groups is 1. The molecular formula is C34H35ClFN7O6. The molecule has 1 N–H and O–H groups in total. The minimum Gasteiger partial charge on any atom is -0.461 e. The number of H-pyrrole nitrogens is 1. The number of aromatic nitrogens is 5. The van der Waals surface area contributed by atoms with Gasteiger partial charge < -0.3 is 28.6 Å². The lowest BCUT2D eigenvalue weighted by Gasteiger charge is -2.31. The number of hydrogen-bond acceptors (Lipinski definition) is 12. The molecule has 0 spiro atoms. The Balaban J connectivity index is 1.25. The van der Waals surface area contributed by atoms with Crippen molar-refractivity contribution < 1.29 is 32.9 Å². The number of halogens is 2. The first-order chi connectivity index (χ1) is 23.9. The summed E-state index contributed by atoms with van der Waals surface area (Å²) in [7, 11) is 0. The number of ether oxygens (including phenoxy) is 5. The number of hydrogen-bond donors (Lipinski definition) is 1. The first kappa shape index (κ1) is 31.9. The average Bonchev–Trinajstić information content (AvgIpc) is 3.75. The van der Waals surface area contributed by atoms with Crippen LogP contribution in [0.1, 0.15) is 31.2 Å². The maximum absolute atomic E-state index is 17.1. The predicted molar refractivity (Wildman–Crippen MR) is 177 cm³/mol. The fraction of sp³-hybridized carbons (Fsp3) is 0.500. The molecule has 6 bridgehead atoms. The minimum absolute atomic E-state index is 0.00155. The zero-order valence-electron chi connectivity index (χ0n) is 26.8. The molecule has 9 rings (SSSR count). The average molecular weight is 692 g/mol. The normalized spacial score (nSPS) is 24.4. The summed E-state index contributed by atoms with van der Waals surface area (Å²) in [6, 6.07) is 1.77. The Morgan fingerprint density at radius 2 is 2.10 bits per heavy atom. The van der Waals surface area contributed by atoms with Gasteiger partial charge in [0.05, 0.1) is 55.1 Å². The van der Waals surface area contributed by atoms with E-state index in [1.54, 1.807) is 18.5 Å². The van der Waals surface area contributed by atoms with Crippen molar-refractivity contribution in [2.75, 3.05) is 64.1 Å².